The maximum atomic E-state index is 13.1. The highest BCUT2D eigenvalue weighted by molar-refractivity contribution is 6.04. The number of aromatic nitrogens is 1. The minimum absolute atomic E-state index is 0.0486. The smallest absolute Gasteiger partial charge is 0.299 e. The summed E-state index contributed by atoms with van der Waals surface area (Å²) in [6, 6.07) is 7.95. The van der Waals surface area contributed by atoms with Crippen LogP contribution >= 0.6 is 0 Å². The van der Waals surface area contributed by atoms with E-state index in [1.54, 1.807) is 0 Å². The third-order valence-corrected chi connectivity index (χ3v) is 6.97. The van der Waals surface area contributed by atoms with Gasteiger partial charge in [0.05, 0.1) is 30.9 Å². The number of ether oxygens (including phenoxy) is 1. The summed E-state index contributed by atoms with van der Waals surface area (Å²) in [7, 11) is 2.21. The lowest BCUT2D eigenvalue weighted by Crippen LogP contribution is -2.50. The molecule has 1 aromatic heterocycles. The number of morpholine rings is 1. The summed E-state index contributed by atoms with van der Waals surface area (Å²) in [5.41, 5.74) is 1.89. The van der Waals surface area contributed by atoms with Gasteiger partial charge < -0.3 is 24.3 Å². The second kappa shape index (κ2) is 7.29. The molecule has 0 spiro atoms. The molecule has 0 saturated carbocycles. The molecular weight excluding hydrogens is 368 g/mol. The fourth-order valence-corrected chi connectivity index (χ4v) is 5.40. The number of amides is 1. The first-order valence-corrected chi connectivity index (χ1v) is 10.8. The van der Waals surface area contributed by atoms with Crippen molar-refractivity contribution in [3.05, 3.63) is 23.8 Å². The van der Waals surface area contributed by atoms with Gasteiger partial charge in [-0.15, -0.1) is 0 Å². The SMILES string of the molecule is CC1COCC(C)N1c1nc2c(C(=O)NC3CC4CCC(C3)N4C)cccc2o1. The summed E-state index contributed by atoms with van der Waals surface area (Å²) in [6.45, 7) is 5.50. The van der Waals surface area contributed by atoms with Crippen LogP contribution in [-0.4, -0.2) is 66.3 Å². The van der Waals surface area contributed by atoms with Crippen LogP contribution in [0, 0.1) is 0 Å². The third-order valence-electron chi connectivity index (χ3n) is 6.97. The summed E-state index contributed by atoms with van der Waals surface area (Å²) in [5.74, 6) is -0.0486. The molecule has 1 aromatic carbocycles. The Kier molecular flexibility index (Phi) is 4.75. The van der Waals surface area contributed by atoms with Crippen molar-refractivity contribution in [1.29, 1.82) is 0 Å². The van der Waals surface area contributed by atoms with E-state index < -0.39 is 0 Å². The summed E-state index contributed by atoms with van der Waals surface area (Å²) in [4.78, 5) is 22.5. The fraction of sp³-hybridized carbons (Fsp3) is 0.636. The normalized spacial score (nSPS) is 32.7. The molecule has 4 heterocycles. The van der Waals surface area contributed by atoms with Crippen LogP contribution in [-0.2, 0) is 4.74 Å². The number of carbonyl (C=O) groups is 1. The van der Waals surface area contributed by atoms with Gasteiger partial charge in [-0.05, 0) is 58.7 Å². The van der Waals surface area contributed by atoms with E-state index in [1.807, 2.05) is 18.2 Å². The van der Waals surface area contributed by atoms with Crippen LogP contribution in [0.4, 0.5) is 6.01 Å². The van der Waals surface area contributed by atoms with E-state index in [0.29, 0.717) is 48.0 Å². The number of hydrogen-bond acceptors (Lipinski definition) is 6. The maximum absolute atomic E-state index is 13.1. The van der Waals surface area contributed by atoms with Crippen molar-refractivity contribution in [2.24, 2.45) is 0 Å². The number of nitrogens with zero attached hydrogens (tertiary/aromatic N) is 3. The highest BCUT2D eigenvalue weighted by Gasteiger charge is 2.39. The molecular formula is C22H30N4O3. The van der Waals surface area contributed by atoms with Crippen LogP contribution in [0.5, 0.6) is 0 Å². The second-order valence-electron chi connectivity index (χ2n) is 8.98. The number of anilines is 1. The minimum Gasteiger partial charge on any atom is -0.423 e. The summed E-state index contributed by atoms with van der Waals surface area (Å²) in [6.07, 6.45) is 4.54. The molecule has 1 amide bonds. The maximum Gasteiger partial charge on any atom is 0.299 e. The van der Waals surface area contributed by atoms with Crippen molar-refractivity contribution in [2.45, 2.75) is 69.7 Å². The number of piperidine rings is 1. The van der Waals surface area contributed by atoms with Gasteiger partial charge in [0.2, 0.25) is 0 Å². The van der Waals surface area contributed by atoms with Gasteiger partial charge >= 0.3 is 0 Å². The Hall–Kier alpha value is -2.12. The number of hydrogen-bond donors (Lipinski definition) is 1. The van der Waals surface area contributed by atoms with Crippen molar-refractivity contribution in [2.75, 3.05) is 25.2 Å². The summed E-state index contributed by atoms with van der Waals surface area (Å²) in [5, 5.41) is 3.27. The Morgan fingerprint density at radius 1 is 1.14 bits per heavy atom. The number of nitrogens with one attached hydrogen (secondary N) is 1. The van der Waals surface area contributed by atoms with Crippen molar-refractivity contribution in [3.63, 3.8) is 0 Å². The number of fused-ring (bicyclic) bond motifs is 3. The number of carbonyl (C=O) groups excluding carboxylic acids is 1. The molecule has 5 rings (SSSR count). The first kappa shape index (κ1) is 18.9. The molecule has 0 aliphatic carbocycles. The molecule has 4 atom stereocenters. The van der Waals surface area contributed by atoms with E-state index >= 15 is 0 Å². The van der Waals surface area contributed by atoms with Crippen molar-refractivity contribution in [1.82, 2.24) is 15.2 Å². The van der Waals surface area contributed by atoms with E-state index in [4.69, 9.17) is 14.1 Å². The molecule has 156 valence electrons. The van der Waals surface area contributed by atoms with Crippen LogP contribution in [0.1, 0.15) is 49.9 Å². The van der Waals surface area contributed by atoms with Crippen molar-refractivity contribution in [3.8, 4) is 0 Å². The van der Waals surface area contributed by atoms with E-state index in [1.165, 1.54) is 12.8 Å². The monoisotopic (exact) mass is 398 g/mol. The van der Waals surface area contributed by atoms with E-state index in [9.17, 15) is 4.79 Å². The predicted octanol–water partition coefficient (Wildman–Crippen LogP) is 2.80. The molecule has 1 N–H and O–H groups in total. The molecule has 4 unspecified atom stereocenters. The first-order chi connectivity index (χ1) is 14.0. The average molecular weight is 399 g/mol. The topological polar surface area (TPSA) is 70.8 Å². The molecule has 3 aliphatic heterocycles. The molecule has 3 saturated heterocycles. The fourth-order valence-electron chi connectivity index (χ4n) is 5.40. The lowest BCUT2D eigenvalue weighted by molar-refractivity contribution is 0.0727. The average Bonchev–Trinajstić information content (AvgIpc) is 3.18. The lowest BCUT2D eigenvalue weighted by atomic mass is 9.97. The predicted molar refractivity (Wildman–Crippen MR) is 111 cm³/mol. The Morgan fingerprint density at radius 2 is 1.83 bits per heavy atom. The zero-order chi connectivity index (χ0) is 20.1. The van der Waals surface area contributed by atoms with Crippen LogP contribution in [0.15, 0.2) is 22.6 Å². The third kappa shape index (κ3) is 3.30. The van der Waals surface area contributed by atoms with Gasteiger partial charge in [-0.2, -0.15) is 4.98 Å². The molecule has 3 aliphatic rings. The number of benzene rings is 1. The molecule has 29 heavy (non-hydrogen) atoms. The van der Waals surface area contributed by atoms with Crippen molar-refractivity contribution >= 4 is 23.0 Å². The Balaban J connectivity index is 1.39. The summed E-state index contributed by atoms with van der Waals surface area (Å²) >= 11 is 0. The molecule has 2 bridgehead atoms. The Morgan fingerprint density at radius 3 is 2.52 bits per heavy atom. The second-order valence-corrected chi connectivity index (χ2v) is 8.98. The molecule has 0 radical (unpaired) electrons. The minimum atomic E-state index is -0.0486. The van der Waals surface area contributed by atoms with Crippen LogP contribution in [0.25, 0.3) is 11.1 Å². The van der Waals surface area contributed by atoms with Crippen LogP contribution < -0.4 is 10.2 Å². The van der Waals surface area contributed by atoms with Crippen LogP contribution in [0.2, 0.25) is 0 Å². The zero-order valence-corrected chi connectivity index (χ0v) is 17.4. The van der Waals surface area contributed by atoms with Crippen LogP contribution in [0.3, 0.4) is 0 Å². The Bertz CT molecular complexity index is 889. The first-order valence-electron chi connectivity index (χ1n) is 10.8. The number of rotatable bonds is 3. The van der Waals surface area contributed by atoms with E-state index in [2.05, 4.69) is 36.0 Å². The number of oxazole rings is 1. The lowest BCUT2D eigenvalue weighted by Gasteiger charge is -2.37. The molecule has 3 fully saturated rings. The van der Waals surface area contributed by atoms with E-state index in [-0.39, 0.29) is 24.0 Å². The van der Waals surface area contributed by atoms with Crippen molar-refractivity contribution < 1.29 is 13.9 Å². The van der Waals surface area contributed by atoms with Gasteiger partial charge in [-0.25, -0.2) is 0 Å². The quantitative estimate of drug-likeness (QED) is 0.857. The standard InChI is InChI=1S/C22H30N4O3/c1-13-11-28-12-14(2)26(13)22-24-20-18(5-4-6-19(20)29-22)21(27)23-15-9-16-7-8-17(10-15)25(16)3/h4-6,13-17H,7-12H2,1-3H3,(H,23,27). The highest BCUT2D eigenvalue weighted by Crippen LogP contribution is 2.34. The largest absolute Gasteiger partial charge is 0.423 e. The highest BCUT2D eigenvalue weighted by atomic mass is 16.5. The van der Waals surface area contributed by atoms with Gasteiger partial charge in [0.15, 0.2) is 5.58 Å². The Labute approximate surface area is 171 Å². The summed E-state index contributed by atoms with van der Waals surface area (Å²) < 4.78 is 11.7. The molecule has 7 nitrogen and oxygen atoms in total. The van der Waals surface area contributed by atoms with Gasteiger partial charge in [0, 0.05) is 18.1 Å². The van der Waals surface area contributed by atoms with Gasteiger partial charge in [0.1, 0.15) is 5.52 Å². The van der Waals surface area contributed by atoms with E-state index in [0.717, 1.165) is 12.8 Å². The number of para-hydroxylation sites is 1. The molecule has 2 aromatic rings. The zero-order valence-electron chi connectivity index (χ0n) is 17.4. The van der Waals surface area contributed by atoms with Gasteiger partial charge in [-0.1, -0.05) is 6.07 Å². The van der Waals surface area contributed by atoms with Gasteiger partial charge in [-0.3, -0.25) is 4.79 Å². The molecule has 7 heteroatoms. The van der Waals surface area contributed by atoms with Gasteiger partial charge in [0.25, 0.3) is 11.9 Å².